The lowest BCUT2D eigenvalue weighted by atomic mass is 10.0. The van der Waals surface area contributed by atoms with E-state index in [2.05, 4.69) is 50.2 Å². The van der Waals surface area contributed by atoms with Gasteiger partial charge in [0.1, 0.15) is 11.4 Å². The summed E-state index contributed by atoms with van der Waals surface area (Å²) in [5.74, 6) is 1.78. The minimum absolute atomic E-state index is 0. The van der Waals surface area contributed by atoms with Gasteiger partial charge in [-0.25, -0.2) is 4.98 Å². The van der Waals surface area contributed by atoms with Gasteiger partial charge in [0.2, 0.25) is 0 Å². The first-order chi connectivity index (χ1) is 15.8. The summed E-state index contributed by atoms with van der Waals surface area (Å²) in [6.07, 6.45) is 7.45. The Hall–Kier alpha value is -2.33. The molecule has 0 amide bonds. The molecule has 178 valence electrons. The van der Waals surface area contributed by atoms with E-state index < -0.39 is 0 Å². The Morgan fingerprint density at radius 2 is 1.91 bits per heavy atom. The molecular formula is C25H35IN6O. The number of nitrogens with one attached hydrogen (secondary N) is 2. The number of rotatable bonds is 9. The highest BCUT2D eigenvalue weighted by molar-refractivity contribution is 14.0. The molecule has 2 N–H and O–H groups in total. The number of methoxy groups -OCH3 is 1. The zero-order valence-electron chi connectivity index (χ0n) is 19.5. The van der Waals surface area contributed by atoms with E-state index in [1.165, 1.54) is 18.4 Å². The minimum Gasteiger partial charge on any atom is -0.496 e. The fraction of sp³-hybridized carbons (Fsp3) is 0.440. The Morgan fingerprint density at radius 1 is 1.12 bits per heavy atom. The topological polar surface area (TPSA) is 66.2 Å². The third-order valence-corrected chi connectivity index (χ3v) is 5.93. The summed E-state index contributed by atoms with van der Waals surface area (Å²) in [6, 6.07) is 14.6. The Balaban J connectivity index is 0.00000306. The van der Waals surface area contributed by atoms with Crippen LogP contribution in [0.1, 0.15) is 37.1 Å². The Bertz CT molecular complexity index is 997. The second-order valence-electron chi connectivity index (χ2n) is 8.10. The van der Waals surface area contributed by atoms with Gasteiger partial charge >= 0.3 is 0 Å². The summed E-state index contributed by atoms with van der Waals surface area (Å²) < 4.78 is 7.72. The van der Waals surface area contributed by atoms with Gasteiger partial charge in [-0.1, -0.05) is 24.3 Å². The van der Waals surface area contributed by atoms with Gasteiger partial charge in [0.05, 0.1) is 25.4 Å². The Kier molecular flexibility index (Phi) is 9.80. The molecule has 0 saturated carbocycles. The third kappa shape index (κ3) is 6.60. The molecule has 3 aromatic rings. The van der Waals surface area contributed by atoms with Crippen molar-refractivity contribution in [1.82, 2.24) is 24.9 Å². The van der Waals surface area contributed by atoms with Gasteiger partial charge in [0.25, 0.3) is 0 Å². The maximum Gasteiger partial charge on any atom is 0.191 e. The number of hydrogen-bond acceptors (Lipinski definition) is 4. The number of aliphatic imine (C=N–C) groups is 1. The van der Waals surface area contributed by atoms with Gasteiger partial charge in [0.15, 0.2) is 5.96 Å². The number of hydrogen-bond donors (Lipinski definition) is 2. The summed E-state index contributed by atoms with van der Waals surface area (Å²) in [4.78, 5) is 12.2. The van der Waals surface area contributed by atoms with Crippen LogP contribution in [-0.2, 0) is 6.42 Å². The molecule has 1 fully saturated rings. The molecule has 0 spiro atoms. The van der Waals surface area contributed by atoms with Gasteiger partial charge in [-0.3, -0.25) is 9.89 Å². The van der Waals surface area contributed by atoms with Crippen LogP contribution in [0.2, 0.25) is 0 Å². The molecule has 8 heteroatoms. The van der Waals surface area contributed by atoms with Crippen molar-refractivity contribution in [2.75, 3.05) is 39.8 Å². The zero-order chi connectivity index (χ0) is 22.2. The number of guanidine groups is 1. The van der Waals surface area contributed by atoms with Crippen LogP contribution in [0.3, 0.4) is 0 Å². The number of aromatic nitrogens is 2. The molecule has 1 unspecified atom stereocenters. The van der Waals surface area contributed by atoms with Crippen molar-refractivity contribution >= 4 is 35.6 Å². The number of imidazole rings is 1. The molecule has 4 rings (SSSR count). The van der Waals surface area contributed by atoms with Gasteiger partial charge in [-0.15, -0.1) is 24.0 Å². The molecule has 0 aliphatic carbocycles. The van der Waals surface area contributed by atoms with Crippen molar-refractivity contribution in [3.05, 3.63) is 66.1 Å². The SMILES string of the molecule is CCNC(=NCC(c1ccccc1OC)N1CCCC1)NCCc1cn2ccccc2n1.I. The van der Waals surface area contributed by atoms with Crippen molar-refractivity contribution in [1.29, 1.82) is 0 Å². The average Bonchev–Trinajstić information content (AvgIpc) is 3.49. The summed E-state index contributed by atoms with van der Waals surface area (Å²) in [7, 11) is 1.74. The number of ether oxygens (including phenoxy) is 1. The summed E-state index contributed by atoms with van der Waals surface area (Å²) >= 11 is 0. The van der Waals surface area contributed by atoms with Crippen LogP contribution in [-0.4, -0.2) is 60.1 Å². The fourth-order valence-electron chi connectivity index (χ4n) is 4.34. The fourth-order valence-corrected chi connectivity index (χ4v) is 4.34. The lowest BCUT2D eigenvalue weighted by Gasteiger charge is -2.28. The van der Waals surface area contributed by atoms with Crippen molar-refractivity contribution < 1.29 is 4.74 Å². The first-order valence-electron chi connectivity index (χ1n) is 11.6. The summed E-state index contributed by atoms with van der Waals surface area (Å²) in [5.41, 5.74) is 3.26. The second-order valence-corrected chi connectivity index (χ2v) is 8.10. The monoisotopic (exact) mass is 562 g/mol. The van der Waals surface area contributed by atoms with Crippen molar-refractivity contribution in [2.45, 2.75) is 32.2 Å². The minimum atomic E-state index is 0. The van der Waals surface area contributed by atoms with Crippen LogP contribution in [0.15, 0.2) is 59.9 Å². The van der Waals surface area contributed by atoms with E-state index in [9.17, 15) is 0 Å². The molecule has 1 atom stereocenters. The highest BCUT2D eigenvalue weighted by atomic mass is 127. The number of benzene rings is 1. The molecular weight excluding hydrogens is 527 g/mol. The highest BCUT2D eigenvalue weighted by Gasteiger charge is 2.25. The van der Waals surface area contributed by atoms with Gasteiger partial charge in [-0.05, 0) is 51.1 Å². The maximum absolute atomic E-state index is 5.66. The highest BCUT2D eigenvalue weighted by Crippen LogP contribution is 2.31. The predicted molar refractivity (Wildman–Crippen MR) is 145 cm³/mol. The average molecular weight is 563 g/mol. The second kappa shape index (κ2) is 12.8. The standard InChI is InChI=1S/C25H34N6O.HI/c1-3-26-25(27-14-13-20-19-31-17-7-6-12-24(31)29-20)28-18-22(30-15-8-9-16-30)21-10-4-5-11-23(21)32-2;/h4-7,10-12,17,19,22H,3,8-9,13-16,18H2,1-2H3,(H2,26,27,28);1H. The number of pyridine rings is 1. The number of para-hydroxylation sites is 1. The molecule has 1 saturated heterocycles. The summed E-state index contributed by atoms with van der Waals surface area (Å²) in [6.45, 7) is 6.59. The van der Waals surface area contributed by atoms with Gasteiger partial charge in [0, 0.05) is 37.5 Å². The van der Waals surface area contributed by atoms with Crippen molar-refractivity contribution in [2.24, 2.45) is 4.99 Å². The normalized spacial score (nSPS) is 15.3. The van der Waals surface area contributed by atoms with Crippen LogP contribution in [0.4, 0.5) is 0 Å². The van der Waals surface area contributed by atoms with Gasteiger partial charge in [-0.2, -0.15) is 0 Å². The number of nitrogens with zero attached hydrogens (tertiary/aromatic N) is 4. The van der Waals surface area contributed by atoms with Crippen LogP contribution in [0.5, 0.6) is 5.75 Å². The van der Waals surface area contributed by atoms with Crippen molar-refractivity contribution in [3.63, 3.8) is 0 Å². The van der Waals surface area contributed by atoms with E-state index in [0.29, 0.717) is 6.54 Å². The molecule has 1 aromatic carbocycles. The van der Waals surface area contributed by atoms with E-state index in [0.717, 1.165) is 55.7 Å². The van der Waals surface area contributed by atoms with Gasteiger partial charge < -0.3 is 19.8 Å². The molecule has 2 aromatic heterocycles. The largest absolute Gasteiger partial charge is 0.496 e. The van der Waals surface area contributed by atoms with E-state index in [1.54, 1.807) is 7.11 Å². The third-order valence-electron chi connectivity index (χ3n) is 5.93. The smallest absolute Gasteiger partial charge is 0.191 e. The molecule has 0 bridgehead atoms. The maximum atomic E-state index is 5.66. The molecule has 1 aliphatic heterocycles. The van der Waals surface area contributed by atoms with Crippen LogP contribution < -0.4 is 15.4 Å². The van der Waals surface area contributed by atoms with Crippen molar-refractivity contribution in [3.8, 4) is 5.75 Å². The summed E-state index contributed by atoms with van der Waals surface area (Å²) in [5, 5.41) is 6.86. The van der Waals surface area contributed by atoms with E-state index in [-0.39, 0.29) is 30.0 Å². The lowest BCUT2D eigenvalue weighted by Crippen LogP contribution is -2.39. The number of likely N-dealkylation sites (tertiary alicyclic amines) is 1. The van der Waals surface area contributed by atoms with E-state index in [4.69, 9.17) is 9.73 Å². The lowest BCUT2D eigenvalue weighted by molar-refractivity contribution is 0.245. The molecule has 1 aliphatic rings. The quantitative estimate of drug-likeness (QED) is 0.236. The first-order valence-corrected chi connectivity index (χ1v) is 11.6. The zero-order valence-corrected chi connectivity index (χ0v) is 21.9. The first kappa shape index (κ1) is 25.3. The van der Waals surface area contributed by atoms with E-state index in [1.807, 2.05) is 36.5 Å². The number of halogens is 1. The van der Waals surface area contributed by atoms with E-state index >= 15 is 0 Å². The van der Waals surface area contributed by atoms with Crippen LogP contribution in [0, 0.1) is 0 Å². The Morgan fingerprint density at radius 3 is 2.67 bits per heavy atom. The molecule has 0 radical (unpaired) electrons. The molecule has 7 nitrogen and oxygen atoms in total. The Labute approximate surface area is 213 Å². The molecule has 3 heterocycles. The molecule has 33 heavy (non-hydrogen) atoms. The van der Waals surface area contributed by atoms with Crippen LogP contribution >= 0.6 is 24.0 Å². The number of fused-ring (bicyclic) bond motifs is 1. The predicted octanol–water partition coefficient (Wildman–Crippen LogP) is 3.90. The van der Waals surface area contributed by atoms with Crippen LogP contribution in [0.25, 0.3) is 5.65 Å².